The number of amides is 1. The quantitative estimate of drug-likeness (QED) is 0.884. The minimum absolute atomic E-state index is 0.0268. The zero-order valence-corrected chi connectivity index (χ0v) is 13.5. The van der Waals surface area contributed by atoms with Gasteiger partial charge in [0.1, 0.15) is 5.60 Å². The number of aromatic nitrogens is 1. The van der Waals surface area contributed by atoms with Crippen LogP contribution in [0.4, 0.5) is 16.3 Å². The van der Waals surface area contributed by atoms with E-state index in [9.17, 15) is 4.79 Å². The van der Waals surface area contributed by atoms with Crippen molar-refractivity contribution < 1.29 is 14.3 Å². The van der Waals surface area contributed by atoms with E-state index in [-0.39, 0.29) is 6.04 Å². The van der Waals surface area contributed by atoms with Gasteiger partial charge in [0, 0.05) is 19.2 Å². The third kappa shape index (κ3) is 4.16. The molecule has 2 heterocycles. The largest absolute Gasteiger partial charge is 0.493 e. The van der Waals surface area contributed by atoms with Crippen LogP contribution in [0.1, 0.15) is 27.2 Å². The molecule has 0 saturated carbocycles. The number of nitrogens with one attached hydrogen (secondary N) is 1. The average molecular weight is 308 g/mol. The standard InChI is InChI=1S/C15H24N4O3/c1-15(2,3)22-14(20)18-11-5-6-19(9-11)13-12(21-4)7-10(16)8-17-13/h7-8,11H,5-6,9,16H2,1-4H3,(H,18,20). The molecule has 0 bridgehead atoms. The van der Waals surface area contributed by atoms with Gasteiger partial charge in [0.2, 0.25) is 0 Å². The highest BCUT2D eigenvalue weighted by molar-refractivity contribution is 5.68. The van der Waals surface area contributed by atoms with Gasteiger partial charge in [-0.15, -0.1) is 0 Å². The molecule has 1 unspecified atom stereocenters. The summed E-state index contributed by atoms with van der Waals surface area (Å²) in [6, 6.07) is 1.77. The van der Waals surface area contributed by atoms with E-state index in [0.717, 1.165) is 18.8 Å². The molecule has 1 aliphatic heterocycles. The van der Waals surface area contributed by atoms with E-state index in [4.69, 9.17) is 15.2 Å². The number of nitrogens with zero attached hydrogens (tertiary/aromatic N) is 2. The molecule has 1 fully saturated rings. The first-order valence-electron chi connectivity index (χ1n) is 7.32. The Morgan fingerprint density at radius 3 is 2.86 bits per heavy atom. The number of carbonyl (C=O) groups is 1. The molecule has 22 heavy (non-hydrogen) atoms. The van der Waals surface area contributed by atoms with E-state index in [1.165, 1.54) is 0 Å². The Morgan fingerprint density at radius 2 is 2.23 bits per heavy atom. The first kappa shape index (κ1) is 16.2. The molecule has 1 saturated heterocycles. The summed E-state index contributed by atoms with van der Waals surface area (Å²) in [5, 5.41) is 2.89. The smallest absolute Gasteiger partial charge is 0.407 e. The summed E-state index contributed by atoms with van der Waals surface area (Å²) in [4.78, 5) is 18.2. The van der Waals surface area contributed by atoms with Crippen LogP contribution in [-0.4, -0.2) is 42.9 Å². The molecule has 0 aromatic carbocycles. The zero-order chi connectivity index (χ0) is 16.3. The number of nitrogens with two attached hydrogens (primary N) is 1. The fraction of sp³-hybridized carbons (Fsp3) is 0.600. The molecule has 0 radical (unpaired) electrons. The summed E-state index contributed by atoms with van der Waals surface area (Å²) in [7, 11) is 1.59. The third-order valence-electron chi connectivity index (χ3n) is 3.28. The number of anilines is 2. The number of ether oxygens (including phenoxy) is 2. The van der Waals surface area contributed by atoms with Crippen LogP contribution in [-0.2, 0) is 4.74 Å². The number of hydrogen-bond acceptors (Lipinski definition) is 6. The van der Waals surface area contributed by atoms with Gasteiger partial charge in [0.15, 0.2) is 11.6 Å². The monoisotopic (exact) mass is 308 g/mol. The zero-order valence-electron chi connectivity index (χ0n) is 13.5. The summed E-state index contributed by atoms with van der Waals surface area (Å²) >= 11 is 0. The molecule has 1 aliphatic rings. The van der Waals surface area contributed by atoms with Gasteiger partial charge in [-0.05, 0) is 27.2 Å². The van der Waals surface area contributed by atoms with Crippen LogP contribution in [0, 0.1) is 0 Å². The highest BCUT2D eigenvalue weighted by Crippen LogP contribution is 2.30. The van der Waals surface area contributed by atoms with Gasteiger partial charge < -0.3 is 25.4 Å². The van der Waals surface area contributed by atoms with Crippen molar-refractivity contribution in [1.82, 2.24) is 10.3 Å². The lowest BCUT2D eigenvalue weighted by atomic mass is 10.2. The van der Waals surface area contributed by atoms with Crippen molar-refractivity contribution in [2.45, 2.75) is 38.8 Å². The van der Waals surface area contributed by atoms with Crippen molar-refractivity contribution in [3.8, 4) is 5.75 Å². The number of pyridine rings is 1. The second-order valence-corrected chi connectivity index (χ2v) is 6.37. The van der Waals surface area contributed by atoms with Crippen LogP contribution in [0.2, 0.25) is 0 Å². The number of hydrogen-bond donors (Lipinski definition) is 2. The molecule has 1 amide bonds. The maximum absolute atomic E-state index is 11.8. The maximum atomic E-state index is 11.8. The van der Waals surface area contributed by atoms with Crippen LogP contribution in [0.3, 0.4) is 0 Å². The number of carbonyl (C=O) groups excluding carboxylic acids is 1. The van der Waals surface area contributed by atoms with Crippen molar-refractivity contribution in [3.63, 3.8) is 0 Å². The second-order valence-electron chi connectivity index (χ2n) is 6.37. The lowest BCUT2D eigenvalue weighted by Gasteiger charge is -2.22. The van der Waals surface area contributed by atoms with Gasteiger partial charge in [0.05, 0.1) is 25.0 Å². The van der Waals surface area contributed by atoms with E-state index in [0.29, 0.717) is 18.0 Å². The second kappa shape index (κ2) is 6.29. The van der Waals surface area contributed by atoms with E-state index >= 15 is 0 Å². The maximum Gasteiger partial charge on any atom is 0.407 e. The van der Waals surface area contributed by atoms with E-state index in [1.54, 1.807) is 19.4 Å². The Balaban J connectivity index is 1.97. The minimum atomic E-state index is -0.496. The summed E-state index contributed by atoms with van der Waals surface area (Å²) in [6.07, 6.45) is 2.04. The van der Waals surface area contributed by atoms with Gasteiger partial charge in [0.25, 0.3) is 0 Å². The molecule has 122 valence electrons. The third-order valence-corrected chi connectivity index (χ3v) is 3.28. The SMILES string of the molecule is COc1cc(N)cnc1N1CCC(NC(=O)OC(C)(C)C)C1. The normalized spacial score (nSPS) is 18.2. The highest BCUT2D eigenvalue weighted by atomic mass is 16.6. The summed E-state index contributed by atoms with van der Waals surface area (Å²) < 4.78 is 10.6. The molecule has 2 rings (SSSR count). The molecule has 7 heteroatoms. The molecule has 0 spiro atoms. The van der Waals surface area contributed by atoms with Crippen molar-refractivity contribution in [3.05, 3.63) is 12.3 Å². The van der Waals surface area contributed by atoms with Crippen LogP contribution in [0.25, 0.3) is 0 Å². The summed E-state index contributed by atoms with van der Waals surface area (Å²) in [6.45, 7) is 6.98. The van der Waals surface area contributed by atoms with Crippen LogP contribution >= 0.6 is 0 Å². The van der Waals surface area contributed by atoms with Crippen molar-refractivity contribution >= 4 is 17.6 Å². The summed E-state index contributed by atoms with van der Waals surface area (Å²) in [5.41, 5.74) is 5.78. The molecule has 3 N–H and O–H groups in total. The first-order chi connectivity index (χ1) is 10.3. The van der Waals surface area contributed by atoms with Gasteiger partial charge in [-0.3, -0.25) is 0 Å². The predicted molar refractivity (Wildman–Crippen MR) is 85.2 cm³/mol. The lowest BCUT2D eigenvalue weighted by molar-refractivity contribution is 0.0509. The Kier molecular flexibility index (Phi) is 4.63. The fourth-order valence-electron chi connectivity index (χ4n) is 2.38. The number of nitrogen functional groups attached to an aromatic ring is 1. The van der Waals surface area contributed by atoms with Crippen LogP contribution in [0.5, 0.6) is 5.75 Å². The molecular formula is C15H24N4O3. The molecule has 7 nitrogen and oxygen atoms in total. The number of methoxy groups -OCH3 is 1. The Hall–Kier alpha value is -2.18. The Morgan fingerprint density at radius 1 is 1.50 bits per heavy atom. The Bertz CT molecular complexity index is 542. The lowest BCUT2D eigenvalue weighted by Crippen LogP contribution is -2.40. The molecule has 1 aromatic rings. The van der Waals surface area contributed by atoms with Gasteiger partial charge in [-0.25, -0.2) is 9.78 Å². The number of alkyl carbamates (subject to hydrolysis) is 1. The molecule has 1 aromatic heterocycles. The number of rotatable bonds is 3. The highest BCUT2D eigenvalue weighted by Gasteiger charge is 2.28. The van der Waals surface area contributed by atoms with Crippen molar-refractivity contribution in [2.24, 2.45) is 0 Å². The van der Waals surface area contributed by atoms with E-state index in [1.807, 2.05) is 20.8 Å². The minimum Gasteiger partial charge on any atom is -0.493 e. The van der Waals surface area contributed by atoms with Gasteiger partial charge >= 0.3 is 6.09 Å². The summed E-state index contributed by atoms with van der Waals surface area (Å²) in [5.74, 6) is 1.38. The van der Waals surface area contributed by atoms with Crippen LogP contribution in [0.15, 0.2) is 12.3 Å². The topological polar surface area (TPSA) is 89.7 Å². The van der Waals surface area contributed by atoms with E-state index < -0.39 is 11.7 Å². The van der Waals surface area contributed by atoms with Crippen molar-refractivity contribution in [2.75, 3.05) is 30.8 Å². The molecule has 1 atom stereocenters. The molecular weight excluding hydrogens is 284 g/mol. The Labute approximate surface area is 130 Å². The first-order valence-corrected chi connectivity index (χ1v) is 7.32. The van der Waals surface area contributed by atoms with Crippen molar-refractivity contribution in [1.29, 1.82) is 0 Å². The van der Waals surface area contributed by atoms with Crippen LogP contribution < -0.4 is 20.7 Å². The molecule has 0 aliphatic carbocycles. The fourth-order valence-corrected chi connectivity index (χ4v) is 2.38. The van der Waals surface area contributed by atoms with Gasteiger partial charge in [-0.2, -0.15) is 0 Å². The van der Waals surface area contributed by atoms with Gasteiger partial charge in [-0.1, -0.05) is 0 Å². The van der Waals surface area contributed by atoms with E-state index in [2.05, 4.69) is 15.2 Å². The predicted octanol–water partition coefficient (Wildman–Crippen LogP) is 1.78. The average Bonchev–Trinajstić information content (AvgIpc) is 2.84.